The van der Waals surface area contributed by atoms with Crippen LogP contribution in [0.1, 0.15) is 47.0 Å². The molecule has 132 valence electrons. The molecule has 6 nitrogen and oxygen atoms in total. The predicted octanol–water partition coefficient (Wildman–Crippen LogP) is 3.53. The van der Waals surface area contributed by atoms with Crippen molar-refractivity contribution in [2.24, 2.45) is 0 Å². The molecule has 0 aliphatic carbocycles. The Morgan fingerprint density at radius 1 is 1.04 bits per heavy atom. The zero-order valence-corrected chi connectivity index (χ0v) is 14.5. The van der Waals surface area contributed by atoms with Crippen LogP contribution in [0.25, 0.3) is 0 Å². The standard InChI is InChI=1S/C19H23N3O3/c1-3-4-5-12-20-18(23)17-11-10-16(13-21-17)22-15-8-6-14(7-9-15)19(24)25-2/h6-11,13,22H,3-5,12H2,1-2H3,(H,20,23). The first-order chi connectivity index (χ1) is 12.1. The van der Waals surface area contributed by atoms with Gasteiger partial charge in [0.2, 0.25) is 0 Å². The third-order valence-corrected chi connectivity index (χ3v) is 3.66. The summed E-state index contributed by atoms with van der Waals surface area (Å²) in [6, 6.07) is 10.4. The van der Waals surface area contributed by atoms with Crippen molar-refractivity contribution < 1.29 is 14.3 Å². The van der Waals surface area contributed by atoms with Gasteiger partial charge in [-0.05, 0) is 42.8 Å². The van der Waals surface area contributed by atoms with E-state index in [1.54, 1.807) is 42.6 Å². The number of carbonyl (C=O) groups is 2. The van der Waals surface area contributed by atoms with Crippen LogP contribution in [0.4, 0.5) is 11.4 Å². The summed E-state index contributed by atoms with van der Waals surface area (Å²) in [4.78, 5) is 27.6. The zero-order valence-electron chi connectivity index (χ0n) is 14.5. The lowest BCUT2D eigenvalue weighted by atomic mass is 10.2. The minimum absolute atomic E-state index is 0.162. The van der Waals surface area contributed by atoms with Crippen molar-refractivity contribution in [3.63, 3.8) is 0 Å². The molecule has 2 aromatic rings. The van der Waals surface area contributed by atoms with Crippen molar-refractivity contribution in [2.75, 3.05) is 19.0 Å². The highest BCUT2D eigenvalue weighted by Crippen LogP contribution is 2.17. The maximum Gasteiger partial charge on any atom is 0.337 e. The highest BCUT2D eigenvalue weighted by molar-refractivity contribution is 5.92. The summed E-state index contributed by atoms with van der Waals surface area (Å²) in [5.41, 5.74) is 2.45. The fourth-order valence-electron chi connectivity index (χ4n) is 2.24. The number of esters is 1. The largest absolute Gasteiger partial charge is 0.465 e. The maximum atomic E-state index is 12.0. The number of ether oxygens (including phenoxy) is 1. The fourth-order valence-corrected chi connectivity index (χ4v) is 2.24. The summed E-state index contributed by atoms with van der Waals surface area (Å²) in [5, 5.41) is 6.03. The molecule has 1 heterocycles. The van der Waals surface area contributed by atoms with Gasteiger partial charge in [0.05, 0.1) is 24.6 Å². The number of nitrogens with zero attached hydrogens (tertiary/aromatic N) is 1. The minimum atomic E-state index is -0.373. The van der Waals surface area contributed by atoms with Crippen molar-refractivity contribution in [3.05, 3.63) is 53.9 Å². The number of methoxy groups -OCH3 is 1. The molecule has 0 radical (unpaired) electrons. The van der Waals surface area contributed by atoms with Crippen molar-refractivity contribution in [2.45, 2.75) is 26.2 Å². The van der Waals surface area contributed by atoms with Crippen LogP contribution >= 0.6 is 0 Å². The Kier molecular flexibility index (Phi) is 6.95. The molecule has 25 heavy (non-hydrogen) atoms. The molecule has 1 aromatic carbocycles. The van der Waals surface area contributed by atoms with Crippen LogP contribution in [-0.2, 0) is 4.74 Å². The SMILES string of the molecule is CCCCCNC(=O)c1ccc(Nc2ccc(C(=O)OC)cc2)cn1. The van der Waals surface area contributed by atoms with Gasteiger partial charge in [-0.15, -0.1) is 0 Å². The van der Waals surface area contributed by atoms with Gasteiger partial charge in [-0.3, -0.25) is 4.79 Å². The maximum absolute atomic E-state index is 12.0. The monoisotopic (exact) mass is 341 g/mol. The van der Waals surface area contributed by atoms with Crippen molar-refractivity contribution in [3.8, 4) is 0 Å². The van der Waals surface area contributed by atoms with Gasteiger partial charge in [-0.1, -0.05) is 19.8 Å². The molecule has 0 saturated heterocycles. The molecule has 0 saturated carbocycles. The first-order valence-corrected chi connectivity index (χ1v) is 8.33. The van der Waals surface area contributed by atoms with Crippen LogP contribution in [0.2, 0.25) is 0 Å². The van der Waals surface area contributed by atoms with E-state index >= 15 is 0 Å². The van der Waals surface area contributed by atoms with Gasteiger partial charge in [-0.25, -0.2) is 9.78 Å². The highest BCUT2D eigenvalue weighted by Gasteiger charge is 2.07. The number of nitrogens with one attached hydrogen (secondary N) is 2. The molecule has 0 aliphatic heterocycles. The number of carbonyl (C=O) groups excluding carboxylic acids is 2. The Morgan fingerprint density at radius 2 is 1.76 bits per heavy atom. The molecule has 0 unspecified atom stereocenters. The van der Waals surface area contributed by atoms with Crippen molar-refractivity contribution >= 4 is 23.3 Å². The second-order valence-corrected chi connectivity index (χ2v) is 5.59. The smallest absolute Gasteiger partial charge is 0.337 e. The van der Waals surface area contributed by atoms with Crippen LogP contribution in [0.5, 0.6) is 0 Å². The summed E-state index contributed by atoms with van der Waals surface area (Å²) >= 11 is 0. The molecular weight excluding hydrogens is 318 g/mol. The number of amides is 1. The second kappa shape index (κ2) is 9.42. The van der Waals surface area contributed by atoms with Crippen LogP contribution in [0.3, 0.4) is 0 Å². The number of pyridine rings is 1. The van der Waals surface area contributed by atoms with E-state index in [2.05, 4.69) is 27.3 Å². The third-order valence-electron chi connectivity index (χ3n) is 3.66. The van der Waals surface area contributed by atoms with Crippen LogP contribution < -0.4 is 10.6 Å². The first-order valence-electron chi connectivity index (χ1n) is 8.33. The lowest BCUT2D eigenvalue weighted by Crippen LogP contribution is -2.25. The molecular formula is C19H23N3O3. The highest BCUT2D eigenvalue weighted by atomic mass is 16.5. The van der Waals surface area contributed by atoms with E-state index in [1.165, 1.54) is 7.11 Å². The summed E-state index contributed by atoms with van der Waals surface area (Å²) in [6.45, 7) is 2.79. The minimum Gasteiger partial charge on any atom is -0.465 e. The molecule has 1 amide bonds. The summed E-state index contributed by atoms with van der Waals surface area (Å²) in [5.74, 6) is -0.535. The van der Waals surface area contributed by atoms with Crippen molar-refractivity contribution in [1.29, 1.82) is 0 Å². The first kappa shape index (κ1) is 18.4. The van der Waals surface area contributed by atoms with Gasteiger partial charge in [0.1, 0.15) is 5.69 Å². The molecule has 1 aromatic heterocycles. The summed E-state index contributed by atoms with van der Waals surface area (Å²) < 4.78 is 4.66. The summed E-state index contributed by atoms with van der Waals surface area (Å²) in [7, 11) is 1.35. The number of aromatic nitrogens is 1. The average Bonchev–Trinajstić information content (AvgIpc) is 2.65. The van der Waals surface area contributed by atoms with E-state index in [-0.39, 0.29) is 11.9 Å². The molecule has 0 aliphatic rings. The van der Waals surface area contributed by atoms with Gasteiger partial charge in [-0.2, -0.15) is 0 Å². The third kappa shape index (κ3) is 5.60. The Morgan fingerprint density at radius 3 is 2.36 bits per heavy atom. The van der Waals surface area contributed by atoms with Crippen molar-refractivity contribution in [1.82, 2.24) is 10.3 Å². The normalized spacial score (nSPS) is 10.2. The second-order valence-electron chi connectivity index (χ2n) is 5.59. The van der Waals surface area contributed by atoms with E-state index < -0.39 is 0 Å². The predicted molar refractivity (Wildman–Crippen MR) is 97.2 cm³/mol. The average molecular weight is 341 g/mol. The molecule has 0 bridgehead atoms. The quantitative estimate of drug-likeness (QED) is 0.567. The fraction of sp³-hybridized carbons (Fsp3) is 0.316. The number of benzene rings is 1. The Bertz CT molecular complexity index is 697. The molecule has 0 atom stereocenters. The van der Waals surface area contributed by atoms with Gasteiger partial charge >= 0.3 is 5.97 Å². The van der Waals surface area contributed by atoms with Gasteiger partial charge in [0.25, 0.3) is 5.91 Å². The number of unbranched alkanes of at least 4 members (excludes halogenated alkanes) is 2. The lowest BCUT2D eigenvalue weighted by molar-refractivity contribution is 0.0600. The van der Waals surface area contributed by atoms with E-state index in [1.807, 2.05) is 0 Å². The van der Waals surface area contributed by atoms with E-state index in [0.29, 0.717) is 17.8 Å². The van der Waals surface area contributed by atoms with Crippen LogP contribution in [-0.4, -0.2) is 30.5 Å². The van der Waals surface area contributed by atoms with Crippen LogP contribution in [0.15, 0.2) is 42.6 Å². The van der Waals surface area contributed by atoms with Crippen LogP contribution in [0, 0.1) is 0 Å². The molecule has 0 spiro atoms. The molecule has 2 rings (SSSR count). The topological polar surface area (TPSA) is 80.3 Å². The molecule has 6 heteroatoms. The number of hydrogen-bond donors (Lipinski definition) is 2. The van der Waals surface area contributed by atoms with Gasteiger partial charge in [0, 0.05) is 12.2 Å². The Labute approximate surface area is 147 Å². The molecule has 0 fully saturated rings. The van der Waals surface area contributed by atoms with E-state index in [9.17, 15) is 9.59 Å². The van der Waals surface area contributed by atoms with Gasteiger partial charge < -0.3 is 15.4 Å². The summed E-state index contributed by atoms with van der Waals surface area (Å²) in [6.07, 6.45) is 4.80. The molecule has 2 N–H and O–H groups in total. The number of hydrogen-bond acceptors (Lipinski definition) is 5. The number of rotatable bonds is 8. The van der Waals surface area contributed by atoms with Gasteiger partial charge in [0.15, 0.2) is 0 Å². The number of anilines is 2. The zero-order chi connectivity index (χ0) is 18.1. The Hall–Kier alpha value is -2.89. The Balaban J connectivity index is 1.91. The van der Waals surface area contributed by atoms with E-state index in [4.69, 9.17) is 0 Å². The van der Waals surface area contributed by atoms with E-state index in [0.717, 1.165) is 30.6 Å². The lowest BCUT2D eigenvalue weighted by Gasteiger charge is -2.08.